The Hall–Kier alpha value is -1.09. The highest BCUT2D eigenvalue weighted by Crippen LogP contribution is 2.30. The van der Waals surface area contributed by atoms with Crippen molar-refractivity contribution < 1.29 is 9.84 Å². The van der Waals surface area contributed by atoms with Crippen molar-refractivity contribution in [1.29, 1.82) is 0 Å². The molecule has 1 heterocycles. The monoisotopic (exact) mass is 181 g/mol. The Bertz CT molecular complexity index is 302. The number of nitrogens with zero attached hydrogens (tertiary/aromatic N) is 1. The first-order valence-electron chi connectivity index (χ1n) is 4.19. The van der Waals surface area contributed by atoms with Gasteiger partial charge in [-0.15, -0.1) is 0 Å². The van der Waals surface area contributed by atoms with E-state index in [1.807, 2.05) is 6.92 Å². The molecule has 13 heavy (non-hydrogen) atoms. The van der Waals surface area contributed by atoms with Crippen LogP contribution in [0.15, 0.2) is 12.3 Å². The minimum absolute atomic E-state index is 0.681. The molecule has 3 heteroatoms. The van der Waals surface area contributed by atoms with Gasteiger partial charge in [0.05, 0.1) is 12.7 Å². The maximum absolute atomic E-state index is 9.86. The van der Waals surface area contributed by atoms with Gasteiger partial charge in [-0.25, -0.2) is 0 Å². The zero-order valence-corrected chi connectivity index (χ0v) is 8.46. The minimum atomic E-state index is -0.913. The highest BCUT2D eigenvalue weighted by atomic mass is 16.5. The number of aromatic nitrogens is 1. The molecule has 1 rings (SSSR count). The molecule has 1 aromatic heterocycles. The number of hydrogen-bond donors (Lipinski definition) is 1. The largest absolute Gasteiger partial charge is 0.496 e. The molecule has 1 N–H and O–H groups in total. The maximum atomic E-state index is 9.86. The Balaban J connectivity index is 3.32. The van der Waals surface area contributed by atoms with E-state index < -0.39 is 5.60 Å². The predicted molar refractivity (Wildman–Crippen MR) is 50.8 cm³/mol. The molecule has 0 aliphatic heterocycles. The van der Waals surface area contributed by atoms with Crippen LogP contribution < -0.4 is 4.74 Å². The van der Waals surface area contributed by atoms with Crippen molar-refractivity contribution in [2.24, 2.45) is 0 Å². The summed E-state index contributed by atoms with van der Waals surface area (Å²) < 4.78 is 5.15. The van der Waals surface area contributed by atoms with E-state index in [-0.39, 0.29) is 0 Å². The molecular formula is C10H15NO2. The fraction of sp³-hybridized carbons (Fsp3) is 0.500. The van der Waals surface area contributed by atoms with Crippen LogP contribution in [0.5, 0.6) is 5.75 Å². The van der Waals surface area contributed by atoms with E-state index in [2.05, 4.69) is 4.98 Å². The molecular weight excluding hydrogens is 166 g/mol. The fourth-order valence-electron chi connectivity index (χ4n) is 1.46. The molecule has 0 radical (unpaired) electrons. The number of hydrogen-bond acceptors (Lipinski definition) is 3. The molecule has 0 fully saturated rings. The first kappa shape index (κ1) is 9.99. The normalized spacial score (nSPS) is 11.5. The van der Waals surface area contributed by atoms with Crippen molar-refractivity contribution >= 4 is 0 Å². The van der Waals surface area contributed by atoms with Crippen LogP contribution in [0.1, 0.15) is 25.1 Å². The van der Waals surface area contributed by atoms with E-state index in [1.54, 1.807) is 33.2 Å². The highest BCUT2D eigenvalue weighted by Gasteiger charge is 2.23. The first-order valence-corrected chi connectivity index (χ1v) is 4.19. The molecule has 0 saturated carbocycles. The summed E-state index contributed by atoms with van der Waals surface area (Å²) in [7, 11) is 1.59. The van der Waals surface area contributed by atoms with Gasteiger partial charge in [0, 0.05) is 17.5 Å². The second-order valence-corrected chi connectivity index (χ2v) is 3.53. The molecule has 0 spiro atoms. The van der Waals surface area contributed by atoms with Crippen LogP contribution in [0.25, 0.3) is 0 Å². The second kappa shape index (κ2) is 3.34. The maximum Gasteiger partial charge on any atom is 0.128 e. The lowest BCUT2D eigenvalue weighted by atomic mass is 9.96. The van der Waals surface area contributed by atoms with E-state index in [0.29, 0.717) is 5.75 Å². The van der Waals surface area contributed by atoms with Gasteiger partial charge in [-0.3, -0.25) is 4.98 Å². The van der Waals surface area contributed by atoms with Crippen LogP contribution in [-0.4, -0.2) is 17.2 Å². The van der Waals surface area contributed by atoms with Gasteiger partial charge in [0.1, 0.15) is 5.75 Å². The van der Waals surface area contributed by atoms with E-state index in [0.717, 1.165) is 11.3 Å². The topological polar surface area (TPSA) is 42.4 Å². The van der Waals surface area contributed by atoms with Crippen molar-refractivity contribution in [3.05, 3.63) is 23.5 Å². The Morgan fingerprint density at radius 3 is 2.46 bits per heavy atom. The van der Waals surface area contributed by atoms with Gasteiger partial charge >= 0.3 is 0 Å². The van der Waals surface area contributed by atoms with Crippen LogP contribution in [0, 0.1) is 6.92 Å². The molecule has 0 amide bonds. The molecule has 0 atom stereocenters. The summed E-state index contributed by atoms with van der Waals surface area (Å²) in [4.78, 5) is 4.11. The number of ether oxygens (including phenoxy) is 1. The van der Waals surface area contributed by atoms with Crippen molar-refractivity contribution in [1.82, 2.24) is 4.98 Å². The second-order valence-electron chi connectivity index (χ2n) is 3.53. The summed E-state index contributed by atoms with van der Waals surface area (Å²) in [6, 6.07) is 1.75. The number of aliphatic hydroxyl groups is 1. The van der Waals surface area contributed by atoms with Crippen molar-refractivity contribution in [3.8, 4) is 5.75 Å². The minimum Gasteiger partial charge on any atom is -0.496 e. The van der Waals surface area contributed by atoms with Gasteiger partial charge in [0.2, 0.25) is 0 Å². The van der Waals surface area contributed by atoms with Gasteiger partial charge in [-0.2, -0.15) is 0 Å². The van der Waals surface area contributed by atoms with Gasteiger partial charge in [-0.05, 0) is 26.8 Å². The lowest BCUT2D eigenvalue weighted by molar-refractivity contribution is 0.0744. The first-order chi connectivity index (χ1) is 5.96. The lowest BCUT2D eigenvalue weighted by Gasteiger charge is -2.22. The van der Waals surface area contributed by atoms with E-state index in [9.17, 15) is 5.11 Å². The summed E-state index contributed by atoms with van der Waals surface area (Å²) >= 11 is 0. The fourth-order valence-corrected chi connectivity index (χ4v) is 1.46. The van der Waals surface area contributed by atoms with Crippen LogP contribution in [0.2, 0.25) is 0 Å². The molecule has 0 unspecified atom stereocenters. The Labute approximate surface area is 78.4 Å². The van der Waals surface area contributed by atoms with Crippen LogP contribution in [0.3, 0.4) is 0 Å². The van der Waals surface area contributed by atoms with Gasteiger partial charge in [-0.1, -0.05) is 0 Å². The summed E-state index contributed by atoms with van der Waals surface area (Å²) in [5.41, 5.74) is 0.633. The number of methoxy groups -OCH3 is 1. The quantitative estimate of drug-likeness (QED) is 0.754. The van der Waals surface area contributed by atoms with Gasteiger partial charge < -0.3 is 9.84 Å². The molecule has 1 aromatic rings. The third-order valence-corrected chi connectivity index (χ3v) is 1.93. The van der Waals surface area contributed by atoms with Crippen molar-refractivity contribution in [2.45, 2.75) is 26.4 Å². The zero-order chi connectivity index (χ0) is 10.1. The third-order valence-electron chi connectivity index (χ3n) is 1.93. The smallest absolute Gasteiger partial charge is 0.128 e. The van der Waals surface area contributed by atoms with Crippen molar-refractivity contribution in [2.75, 3.05) is 7.11 Å². The van der Waals surface area contributed by atoms with E-state index >= 15 is 0 Å². The SMILES string of the molecule is COc1ccnc(C)c1C(C)(C)O. The van der Waals surface area contributed by atoms with Crippen LogP contribution >= 0.6 is 0 Å². The molecule has 0 aliphatic carbocycles. The molecule has 72 valence electrons. The molecule has 0 aromatic carbocycles. The molecule has 0 bridgehead atoms. The Morgan fingerprint density at radius 2 is 2.08 bits per heavy atom. The summed E-state index contributed by atoms with van der Waals surface area (Å²) in [6.45, 7) is 5.30. The number of rotatable bonds is 2. The van der Waals surface area contributed by atoms with Crippen LogP contribution in [0.4, 0.5) is 0 Å². The molecule has 0 aliphatic rings. The number of pyridine rings is 1. The summed E-state index contributed by atoms with van der Waals surface area (Å²) in [5, 5.41) is 9.86. The van der Waals surface area contributed by atoms with Crippen molar-refractivity contribution in [3.63, 3.8) is 0 Å². The molecule has 3 nitrogen and oxygen atoms in total. The highest BCUT2D eigenvalue weighted by molar-refractivity contribution is 5.39. The lowest BCUT2D eigenvalue weighted by Crippen LogP contribution is -2.19. The average molecular weight is 181 g/mol. The average Bonchev–Trinajstić information content (AvgIpc) is 2.01. The zero-order valence-electron chi connectivity index (χ0n) is 8.46. The van der Waals surface area contributed by atoms with E-state index in [1.165, 1.54) is 0 Å². The van der Waals surface area contributed by atoms with E-state index in [4.69, 9.17) is 4.74 Å². The molecule has 0 saturated heterocycles. The summed E-state index contributed by atoms with van der Waals surface area (Å²) in [6.07, 6.45) is 1.67. The standard InChI is InChI=1S/C10H15NO2/c1-7-9(10(2,3)12)8(13-4)5-6-11-7/h5-6,12H,1-4H3. The third kappa shape index (κ3) is 1.98. The Kier molecular flexibility index (Phi) is 2.57. The van der Waals surface area contributed by atoms with Crippen LogP contribution in [-0.2, 0) is 5.60 Å². The van der Waals surface area contributed by atoms with Gasteiger partial charge in [0.15, 0.2) is 0 Å². The van der Waals surface area contributed by atoms with Gasteiger partial charge in [0.25, 0.3) is 0 Å². The number of aryl methyl sites for hydroxylation is 1. The predicted octanol–water partition coefficient (Wildman–Crippen LogP) is 1.63. The Morgan fingerprint density at radius 1 is 1.46 bits per heavy atom. The summed E-state index contributed by atoms with van der Waals surface area (Å²) in [5.74, 6) is 0.681.